The first-order chi connectivity index (χ1) is 12.0. The van der Waals surface area contributed by atoms with Crippen molar-refractivity contribution in [2.75, 3.05) is 45.8 Å². The molecular weight excluding hydrogens is 361 g/mol. The Morgan fingerprint density at radius 2 is 1.80 bits per heavy atom. The lowest BCUT2D eigenvalue weighted by Crippen LogP contribution is -2.42. The van der Waals surface area contributed by atoms with Crippen LogP contribution in [0.1, 0.15) is 30.6 Å². The van der Waals surface area contributed by atoms with Gasteiger partial charge in [0.15, 0.2) is 0 Å². The van der Waals surface area contributed by atoms with Crippen LogP contribution in [0, 0.1) is 0 Å². The van der Waals surface area contributed by atoms with Crippen molar-refractivity contribution < 1.29 is 9.59 Å². The minimum absolute atomic E-state index is 0.107. The van der Waals surface area contributed by atoms with E-state index in [0.717, 1.165) is 26.1 Å². The number of carbonyl (C=O) groups excluding carboxylic acids is 2. The topological polar surface area (TPSA) is 43.9 Å². The molecule has 0 spiro atoms. The van der Waals surface area contributed by atoms with E-state index in [1.807, 2.05) is 18.7 Å². The number of amides is 2. The number of benzene rings is 1. The Balaban J connectivity index is 1.98. The Morgan fingerprint density at radius 3 is 2.48 bits per heavy atom. The third-order valence-electron chi connectivity index (χ3n) is 4.51. The van der Waals surface area contributed by atoms with Gasteiger partial charge in [-0.25, -0.2) is 0 Å². The van der Waals surface area contributed by atoms with Crippen LogP contribution in [0.2, 0.25) is 10.0 Å². The van der Waals surface area contributed by atoms with Gasteiger partial charge < -0.3 is 9.80 Å². The molecule has 1 aromatic carbocycles. The van der Waals surface area contributed by atoms with Crippen LogP contribution in [-0.2, 0) is 4.79 Å². The van der Waals surface area contributed by atoms with Gasteiger partial charge in [-0.3, -0.25) is 14.5 Å². The van der Waals surface area contributed by atoms with Crippen molar-refractivity contribution in [3.8, 4) is 0 Å². The van der Waals surface area contributed by atoms with Gasteiger partial charge in [-0.15, -0.1) is 0 Å². The lowest BCUT2D eigenvalue weighted by Gasteiger charge is -2.25. The average Bonchev–Trinajstić information content (AvgIpc) is 2.83. The van der Waals surface area contributed by atoms with E-state index in [-0.39, 0.29) is 11.8 Å². The zero-order chi connectivity index (χ0) is 18.4. The Kier molecular flexibility index (Phi) is 7.54. The summed E-state index contributed by atoms with van der Waals surface area (Å²) in [6.07, 6.45) is 0.829. The Hall–Kier alpha value is -1.30. The summed E-state index contributed by atoms with van der Waals surface area (Å²) in [6.45, 7) is 8.53. The minimum Gasteiger partial charge on any atom is -0.342 e. The largest absolute Gasteiger partial charge is 0.342 e. The molecule has 7 heteroatoms. The van der Waals surface area contributed by atoms with Gasteiger partial charge in [0.25, 0.3) is 5.91 Å². The fourth-order valence-corrected chi connectivity index (χ4v) is 3.40. The molecule has 1 saturated heterocycles. The predicted molar refractivity (Wildman–Crippen MR) is 101 cm³/mol. The molecule has 5 nitrogen and oxygen atoms in total. The van der Waals surface area contributed by atoms with Crippen LogP contribution in [0.25, 0.3) is 0 Å². The summed E-state index contributed by atoms with van der Waals surface area (Å²) >= 11 is 12.1. The lowest BCUT2D eigenvalue weighted by atomic mass is 10.2. The number of halogens is 2. The first kappa shape index (κ1) is 20.0. The fraction of sp³-hybridized carbons (Fsp3) is 0.556. The van der Waals surface area contributed by atoms with Crippen LogP contribution >= 0.6 is 23.2 Å². The first-order valence-electron chi connectivity index (χ1n) is 8.70. The Labute approximate surface area is 159 Å². The molecule has 0 N–H and O–H groups in total. The van der Waals surface area contributed by atoms with Crippen LogP contribution in [0.3, 0.4) is 0 Å². The standard InChI is InChI=1S/C18H25Cl2N3O2/c1-3-22(4-2)17(24)13-21-8-5-9-23(11-10-21)18(25)15-12-14(19)6-7-16(15)20/h6-7,12H,3-5,8-11,13H2,1-2H3. The van der Waals surface area contributed by atoms with Crippen LogP contribution < -0.4 is 0 Å². The number of carbonyl (C=O) groups is 2. The highest BCUT2D eigenvalue weighted by Gasteiger charge is 2.23. The summed E-state index contributed by atoms with van der Waals surface area (Å²) in [7, 11) is 0. The average molecular weight is 386 g/mol. The number of likely N-dealkylation sites (N-methyl/N-ethyl adjacent to an activating group) is 1. The molecule has 1 aliphatic heterocycles. The molecule has 0 aromatic heterocycles. The second-order valence-electron chi connectivity index (χ2n) is 6.11. The van der Waals surface area contributed by atoms with Crippen LogP contribution in [-0.4, -0.2) is 72.3 Å². The van der Waals surface area contributed by atoms with Crippen molar-refractivity contribution in [2.45, 2.75) is 20.3 Å². The van der Waals surface area contributed by atoms with E-state index in [4.69, 9.17) is 23.2 Å². The predicted octanol–water partition coefficient (Wildman–Crippen LogP) is 3.01. The molecule has 1 aliphatic rings. The first-order valence-corrected chi connectivity index (χ1v) is 9.46. The van der Waals surface area contributed by atoms with E-state index < -0.39 is 0 Å². The van der Waals surface area contributed by atoms with Crippen molar-refractivity contribution in [1.29, 1.82) is 0 Å². The minimum atomic E-state index is -0.107. The van der Waals surface area contributed by atoms with Crippen LogP contribution in [0.15, 0.2) is 18.2 Å². The molecule has 1 heterocycles. The van der Waals surface area contributed by atoms with E-state index in [1.165, 1.54) is 0 Å². The molecule has 2 rings (SSSR count). The van der Waals surface area contributed by atoms with Gasteiger partial charge in [0.05, 0.1) is 17.1 Å². The van der Waals surface area contributed by atoms with Crippen LogP contribution in [0.4, 0.5) is 0 Å². The second-order valence-corrected chi connectivity index (χ2v) is 6.96. The highest BCUT2D eigenvalue weighted by atomic mass is 35.5. The molecule has 0 radical (unpaired) electrons. The van der Waals surface area contributed by atoms with Crippen molar-refractivity contribution in [3.63, 3.8) is 0 Å². The van der Waals surface area contributed by atoms with Crippen molar-refractivity contribution in [3.05, 3.63) is 33.8 Å². The molecule has 0 atom stereocenters. The van der Waals surface area contributed by atoms with E-state index in [1.54, 1.807) is 23.1 Å². The lowest BCUT2D eigenvalue weighted by molar-refractivity contribution is -0.132. The summed E-state index contributed by atoms with van der Waals surface area (Å²) in [5, 5.41) is 0.904. The quantitative estimate of drug-likeness (QED) is 0.782. The number of nitrogens with zero attached hydrogens (tertiary/aromatic N) is 3. The van der Waals surface area contributed by atoms with E-state index in [9.17, 15) is 9.59 Å². The summed E-state index contributed by atoms with van der Waals surface area (Å²) in [5.74, 6) is 0.0343. The number of hydrogen-bond acceptors (Lipinski definition) is 3. The molecule has 0 bridgehead atoms. The normalized spacial score (nSPS) is 15.8. The van der Waals surface area contributed by atoms with Gasteiger partial charge in [-0.05, 0) is 38.5 Å². The summed E-state index contributed by atoms with van der Waals surface area (Å²) < 4.78 is 0. The molecule has 1 fully saturated rings. The molecule has 0 unspecified atom stereocenters. The molecule has 25 heavy (non-hydrogen) atoms. The SMILES string of the molecule is CCN(CC)C(=O)CN1CCCN(C(=O)c2cc(Cl)ccc2Cl)CC1. The van der Waals surface area contributed by atoms with Crippen LogP contribution in [0.5, 0.6) is 0 Å². The number of hydrogen-bond donors (Lipinski definition) is 0. The zero-order valence-electron chi connectivity index (χ0n) is 14.8. The fourth-order valence-electron chi connectivity index (χ4n) is 3.03. The maximum atomic E-state index is 12.7. The van der Waals surface area contributed by atoms with Gasteiger partial charge in [-0.1, -0.05) is 23.2 Å². The smallest absolute Gasteiger partial charge is 0.255 e. The summed E-state index contributed by atoms with van der Waals surface area (Å²) in [6, 6.07) is 4.92. The molecular formula is C18H25Cl2N3O2. The maximum absolute atomic E-state index is 12.7. The second kappa shape index (κ2) is 9.41. The Morgan fingerprint density at radius 1 is 1.08 bits per heavy atom. The van der Waals surface area contributed by atoms with Crippen molar-refractivity contribution in [2.24, 2.45) is 0 Å². The summed E-state index contributed by atoms with van der Waals surface area (Å²) in [4.78, 5) is 30.8. The van der Waals surface area contributed by atoms with Gasteiger partial charge in [0, 0.05) is 44.3 Å². The molecule has 1 aromatic rings. The van der Waals surface area contributed by atoms with E-state index >= 15 is 0 Å². The van der Waals surface area contributed by atoms with Crippen molar-refractivity contribution >= 4 is 35.0 Å². The molecule has 2 amide bonds. The Bertz CT molecular complexity index is 620. The van der Waals surface area contributed by atoms with Gasteiger partial charge in [0.2, 0.25) is 5.91 Å². The van der Waals surface area contributed by atoms with E-state index in [0.29, 0.717) is 41.8 Å². The molecule has 0 saturated carbocycles. The molecule has 0 aliphatic carbocycles. The van der Waals surface area contributed by atoms with Gasteiger partial charge in [-0.2, -0.15) is 0 Å². The van der Waals surface area contributed by atoms with Crippen molar-refractivity contribution in [1.82, 2.24) is 14.7 Å². The monoisotopic (exact) mass is 385 g/mol. The third-order valence-corrected chi connectivity index (χ3v) is 5.07. The third kappa shape index (κ3) is 5.33. The van der Waals surface area contributed by atoms with E-state index in [2.05, 4.69) is 4.90 Å². The zero-order valence-corrected chi connectivity index (χ0v) is 16.3. The summed E-state index contributed by atoms with van der Waals surface area (Å²) in [5.41, 5.74) is 0.432. The van der Waals surface area contributed by atoms with Gasteiger partial charge >= 0.3 is 0 Å². The number of rotatable bonds is 5. The van der Waals surface area contributed by atoms with Gasteiger partial charge in [0.1, 0.15) is 0 Å². The highest BCUT2D eigenvalue weighted by Crippen LogP contribution is 2.22. The highest BCUT2D eigenvalue weighted by molar-refractivity contribution is 6.35. The molecule has 138 valence electrons. The maximum Gasteiger partial charge on any atom is 0.255 e.